The lowest BCUT2D eigenvalue weighted by Crippen LogP contribution is -2.45. The van der Waals surface area contributed by atoms with Gasteiger partial charge >= 0.3 is 0 Å². The average Bonchev–Trinajstić information content (AvgIpc) is 2.94. The van der Waals surface area contributed by atoms with E-state index in [0.717, 1.165) is 37.9 Å². The summed E-state index contributed by atoms with van der Waals surface area (Å²) in [5, 5.41) is 11.8. The molecule has 2 rings (SSSR count). The Labute approximate surface area is 270 Å². The predicted molar refractivity (Wildman–Crippen MR) is 192 cm³/mol. The van der Waals surface area contributed by atoms with Gasteiger partial charge in [0.2, 0.25) is 0 Å². The Morgan fingerprint density at radius 1 is 0.881 bits per heavy atom. The molecule has 6 heteroatoms. The number of rotatable bonds is 22. The second kappa shape index (κ2) is 20.1. The quantitative estimate of drug-likeness (QED) is 0.101. The molecule has 1 aliphatic heterocycles. The molecular weight excluding hydrogens is 573 g/mol. The maximum atomic E-state index is 11.6. The molecule has 0 bridgehead atoms. The molecule has 0 radical (unpaired) electrons. The number of hydrogen-bond donors (Lipinski definition) is 1. The smallest absolute Gasteiger partial charge is 0.192 e. The van der Waals surface area contributed by atoms with Gasteiger partial charge in [0.25, 0.3) is 0 Å². The van der Waals surface area contributed by atoms with E-state index < -0.39 is 8.32 Å². The summed E-state index contributed by atoms with van der Waals surface area (Å²) in [5.41, 5.74) is 1.35. The first-order valence-corrected chi connectivity index (χ1v) is 22.1. The molecule has 1 aliphatic rings. The monoisotopic (exact) mass is 638 g/mol. The van der Waals surface area contributed by atoms with E-state index in [0.29, 0.717) is 0 Å². The van der Waals surface area contributed by atoms with Gasteiger partial charge in [0.05, 0.1) is 17.3 Å². The van der Waals surface area contributed by atoms with E-state index in [-0.39, 0.29) is 21.3 Å². The fraction of sp³-hybridized carbons (Fsp3) is 0.833. The Balaban J connectivity index is 1.90. The van der Waals surface area contributed by atoms with Crippen molar-refractivity contribution in [3.05, 3.63) is 29.8 Å². The predicted octanol–water partition coefficient (Wildman–Crippen LogP) is 11.4. The van der Waals surface area contributed by atoms with Gasteiger partial charge in [-0.3, -0.25) is 0 Å². The van der Waals surface area contributed by atoms with E-state index >= 15 is 0 Å². The number of benzene rings is 1. The number of thioether (sulfide) groups is 2. The van der Waals surface area contributed by atoms with Crippen LogP contribution in [-0.4, -0.2) is 48.3 Å². The van der Waals surface area contributed by atoms with E-state index in [1.165, 1.54) is 94.1 Å². The summed E-state index contributed by atoms with van der Waals surface area (Å²) in [5.74, 6) is 3.31. The lowest BCUT2D eigenvalue weighted by atomic mass is 9.98. The minimum atomic E-state index is -1.90. The lowest BCUT2D eigenvalue weighted by Gasteiger charge is -2.41. The molecule has 0 spiro atoms. The Morgan fingerprint density at radius 2 is 1.43 bits per heavy atom. The molecule has 42 heavy (non-hydrogen) atoms. The third kappa shape index (κ3) is 14.8. The number of ether oxygens (including phenoxy) is 1. The molecule has 1 heterocycles. The zero-order valence-electron chi connectivity index (χ0n) is 28.5. The van der Waals surface area contributed by atoms with Crippen molar-refractivity contribution in [2.24, 2.45) is 0 Å². The highest BCUT2D eigenvalue weighted by Gasteiger charge is 2.40. The summed E-state index contributed by atoms with van der Waals surface area (Å²) in [7, 11) is -0.183. The van der Waals surface area contributed by atoms with Gasteiger partial charge in [-0.15, -0.1) is 23.5 Å². The molecule has 0 aliphatic carbocycles. The van der Waals surface area contributed by atoms with Gasteiger partial charge in [0.1, 0.15) is 5.75 Å². The summed E-state index contributed by atoms with van der Waals surface area (Å²) in [4.78, 5) is 0. The molecule has 244 valence electrons. The topological polar surface area (TPSA) is 38.7 Å². The molecule has 1 aromatic rings. The third-order valence-electron chi connectivity index (χ3n) is 9.45. The Hall–Kier alpha value is -0.143. The van der Waals surface area contributed by atoms with E-state index in [2.05, 4.69) is 88.6 Å². The number of aliphatic hydroxyl groups is 1. The van der Waals surface area contributed by atoms with Crippen LogP contribution in [0.3, 0.4) is 0 Å². The minimum absolute atomic E-state index is 0.0929. The Bertz CT molecular complexity index is 818. The first-order chi connectivity index (χ1) is 20.0. The van der Waals surface area contributed by atoms with E-state index in [1.807, 2.05) is 0 Å². The largest absolute Gasteiger partial charge is 0.497 e. The molecule has 0 aromatic heterocycles. The van der Waals surface area contributed by atoms with Crippen LogP contribution in [0.1, 0.15) is 136 Å². The van der Waals surface area contributed by atoms with Gasteiger partial charge in [-0.1, -0.05) is 110 Å². The summed E-state index contributed by atoms with van der Waals surface area (Å²) in [6.07, 6.45) is 21.0. The van der Waals surface area contributed by atoms with Crippen molar-refractivity contribution >= 4 is 31.8 Å². The molecule has 3 nitrogen and oxygen atoms in total. The molecule has 0 saturated carbocycles. The third-order valence-corrected chi connectivity index (χ3v) is 17.5. The Morgan fingerprint density at radius 3 is 1.95 bits per heavy atom. The van der Waals surface area contributed by atoms with Crippen molar-refractivity contribution in [2.45, 2.75) is 171 Å². The number of unbranched alkanes of at least 4 members (excludes halogenated alkanes) is 10. The van der Waals surface area contributed by atoms with Crippen molar-refractivity contribution in [3.8, 4) is 5.75 Å². The fourth-order valence-electron chi connectivity index (χ4n) is 5.71. The van der Waals surface area contributed by atoms with Gasteiger partial charge in [-0.05, 0) is 85.9 Å². The standard InChI is InChI=1S/C36H66O3S2Si/c1-8-9-10-11-12-13-14-15-16-17-18-20-34(39-42(6,7)35(2,3)4)29-32(37)30-36(40-27-19-28-41-36)26-25-31-21-23-33(38-5)24-22-31/h21-24,32,34,37H,8-20,25-30H2,1-7H3/t32-,34-/m1/s1. The molecule has 0 unspecified atom stereocenters. The van der Waals surface area contributed by atoms with Crippen molar-refractivity contribution in [2.75, 3.05) is 18.6 Å². The van der Waals surface area contributed by atoms with Crippen LogP contribution in [0.2, 0.25) is 18.1 Å². The van der Waals surface area contributed by atoms with Crippen molar-refractivity contribution < 1.29 is 14.3 Å². The average molecular weight is 639 g/mol. The van der Waals surface area contributed by atoms with Crippen LogP contribution in [0.15, 0.2) is 24.3 Å². The maximum absolute atomic E-state index is 11.6. The molecular formula is C36H66O3S2Si. The normalized spacial score (nSPS) is 17.2. The van der Waals surface area contributed by atoms with Crippen LogP contribution in [0.5, 0.6) is 5.75 Å². The van der Waals surface area contributed by atoms with E-state index in [4.69, 9.17) is 9.16 Å². The van der Waals surface area contributed by atoms with Gasteiger partial charge in [-0.2, -0.15) is 0 Å². The summed E-state index contributed by atoms with van der Waals surface area (Å²) in [6, 6.07) is 8.51. The van der Waals surface area contributed by atoms with Crippen LogP contribution in [-0.2, 0) is 10.8 Å². The molecule has 1 N–H and O–H groups in total. The molecule has 0 amide bonds. The second-order valence-corrected chi connectivity index (χ2v) is 22.2. The molecule has 1 fully saturated rings. The van der Waals surface area contributed by atoms with Crippen LogP contribution >= 0.6 is 23.5 Å². The van der Waals surface area contributed by atoms with Gasteiger partial charge in [-0.25, -0.2) is 0 Å². The zero-order chi connectivity index (χ0) is 30.9. The van der Waals surface area contributed by atoms with Gasteiger partial charge in [0, 0.05) is 6.10 Å². The van der Waals surface area contributed by atoms with E-state index in [9.17, 15) is 5.11 Å². The highest BCUT2D eigenvalue weighted by molar-refractivity contribution is 8.18. The molecule has 2 atom stereocenters. The highest BCUT2D eigenvalue weighted by Crippen LogP contribution is 2.49. The SMILES string of the molecule is CCCCCCCCCCCCC[C@H](C[C@@H](O)CC1(CCc2ccc(OC)cc2)SCCCS1)O[Si](C)(C)C(C)(C)C. The Kier molecular flexibility index (Phi) is 18.2. The molecule has 1 aromatic carbocycles. The maximum Gasteiger partial charge on any atom is 0.192 e. The number of aryl methyl sites for hydroxylation is 1. The number of methoxy groups -OCH3 is 1. The summed E-state index contributed by atoms with van der Waals surface area (Å²) < 4.78 is 12.4. The van der Waals surface area contributed by atoms with Crippen LogP contribution in [0.4, 0.5) is 0 Å². The summed E-state index contributed by atoms with van der Waals surface area (Å²) in [6.45, 7) is 14.0. The minimum Gasteiger partial charge on any atom is -0.497 e. The van der Waals surface area contributed by atoms with E-state index in [1.54, 1.807) is 7.11 Å². The highest BCUT2D eigenvalue weighted by atomic mass is 32.2. The van der Waals surface area contributed by atoms with Gasteiger partial charge in [0.15, 0.2) is 8.32 Å². The lowest BCUT2D eigenvalue weighted by molar-refractivity contribution is 0.0731. The second-order valence-electron chi connectivity index (χ2n) is 14.2. The number of aliphatic hydroxyl groups excluding tert-OH is 1. The van der Waals surface area contributed by atoms with Gasteiger partial charge < -0.3 is 14.3 Å². The van der Waals surface area contributed by atoms with Crippen LogP contribution in [0, 0.1) is 0 Å². The summed E-state index contributed by atoms with van der Waals surface area (Å²) >= 11 is 4.19. The zero-order valence-corrected chi connectivity index (χ0v) is 31.1. The van der Waals surface area contributed by atoms with Crippen LogP contribution < -0.4 is 4.74 Å². The van der Waals surface area contributed by atoms with Crippen LogP contribution in [0.25, 0.3) is 0 Å². The fourth-order valence-corrected chi connectivity index (χ4v) is 10.6. The molecule has 1 saturated heterocycles. The first kappa shape index (κ1) is 38.0. The van der Waals surface area contributed by atoms with Crippen molar-refractivity contribution in [1.82, 2.24) is 0 Å². The van der Waals surface area contributed by atoms with Crippen molar-refractivity contribution in [1.29, 1.82) is 0 Å². The number of hydrogen-bond acceptors (Lipinski definition) is 5. The van der Waals surface area contributed by atoms with Crippen molar-refractivity contribution in [3.63, 3.8) is 0 Å². The first-order valence-electron chi connectivity index (χ1n) is 17.3.